The van der Waals surface area contributed by atoms with Gasteiger partial charge in [-0.05, 0) is 55.3 Å². The topological polar surface area (TPSA) is 83.6 Å². The van der Waals surface area contributed by atoms with Gasteiger partial charge in [-0.1, -0.05) is 41.9 Å². The van der Waals surface area contributed by atoms with E-state index in [1.54, 1.807) is 36.4 Å². The lowest BCUT2D eigenvalue weighted by Gasteiger charge is -2.24. The lowest BCUT2D eigenvalue weighted by atomic mass is 10.0. The van der Waals surface area contributed by atoms with E-state index in [2.05, 4.69) is 5.32 Å². The van der Waals surface area contributed by atoms with E-state index >= 15 is 0 Å². The Hall–Kier alpha value is -3.07. The molecule has 0 saturated carbocycles. The Labute approximate surface area is 196 Å². The highest BCUT2D eigenvalue weighted by molar-refractivity contribution is 7.89. The molecule has 170 valence electrons. The number of sulfonamides is 1. The van der Waals surface area contributed by atoms with E-state index in [9.17, 15) is 22.4 Å². The van der Waals surface area contributed by atoms with Gasteiger partial charge in [0.1, 0.15) is 11.9 Å². The van der Waals surface area contributed by atoms with Gasteiger partial charge in [0.25, 0.3) is 0 Å². The van der Waals surface area contributed by atoms with Crippen LogP contribution in [0.5, 0.6) is 0 Å². The average molecular weight is 487 g/mol. The number of hydrogen-bond donors (Lipinski definition) is 1. The summed E-state index contributed by atoms with van der Waals surface area (Å²) in [4.78, 5) is 26.1. The Balaban J connectivity index is 1.61. The van der Waals surface area contributed by atoms with Crippen molar-refractivity contribution in [2.24, 2.45) is 0 Å². The fourth-order valence-corrected chi connectivity index (χ4v) is 5.63. The first-order valence-corrected chi connectivity index (χ1v) is 12.1. The van der Waals surface area contributed by atoms with Gasteiger partial charge in [0.15, 0.2) is 5.78 Å². The lowest BCUT2D eigenvalue weighted by Crippen LogP contribution is -2.43. The standard InChI is InChI=1S/C24H20ClFN2O4S/c25-17-8-13-21(20(15-17)23(29)16-5-2-1-3-6-16)27-24(30)22-7-4-14-28(22)33(31,32)19-11-9-18(26)10-12-19/h1-3,5-6,8-13,15,22H,4,7,14H2,(H,27,30). The summed E-state index contributed by atoms with van der Waals surface area (Å²) in [5.74, 6) is -1.43. The minimum atomic E-state index is -4.00. The molecule has 0 aromatic heterocycles. The van der Waals surface area contributed by atoms with Crippen LogP contribution in [0.1, 0.15) is 28.8 Å². The summed E-state index contributed by atoms with van der Waals surface area (Å²) >= 11 is 6.09. The zero-order valence-electron chi connectivity index (χ0n) is 17.4. The summed E-state index contributed by atoms with van der Waals surface area (Å²) in [6.07, 6.45) is 0.816. The summed E-state index contributed by atoms with van der Waals surface area (Å²) in [5.41, 5.74) is 0.869. The van der Waals surface area contributed by atoms with Gasteiger partial charge < -0.3 is 5.32 Å². The molecule has 1 atom stereocenters. The van der Waals surface area contributed by atoms with Gasteiger partial charge in [-0.3, -0.25) is 9.59 Å². The van der Waals surface area contributed by atoms with Crippen LogP contribution in [-0.2, 0) is 14.8 Å². The van der Waals surface area contributed by atoms with Crippen LogP contribution in [0.15, 0.2) is 77.7 Å². The van der Waals surface area contributed by atoms with Crippen molar-refractivity contribution in [3.05, 3.63) is 94.8 Å². The molecule has 1 unspecified atom stereocenters. The van der Waals surface area contributed by atoms with Crippen molar-refractivity contribution >= 4 is 39.0 Å². The summed E-state index contributed by atoms with van der Waals surface area (Å²) in [6, 6.07) is 16.6. The van der Waals surface area contributed by atoms with Gasteiger partial charge >= 0.3 is 0 Å². The number of nitrogens with one attached hydrogen (secondary N) is 1. The molecule has 0 spiro atoms. The number of anilines is 1. The minimum Gasteiger partial charge on any atom is -0.324 e. The van der Waals surface area contributed by atoms with Crippen LogP contribution >= 0.6 is 11.6 Å². The number of benzene rings is 3. The molecule has 3 aromatic rings. The molecule has 1 N–H and O–H groups in total. The smallest absolute Gasteiger partial charge is 0.243 e. The summed E-state index contributed by atoms with van der Waals surface area (Å²) in [6.45, 7) is 0.161. The van der Waals surface area contributed by atoms with Gasteiger partial charge in [0.05, 0.1) is 10.6 Å². The Morgan fingerprint density at radius 1 is 1.00 bits per heavy atom. The monoisotopic (exact) mass is 486 g/mol. The van der Waals surface area contributed by atoms with Crippen molar-refractivity contribution in [1.29, 1.82) is 0 Å². The van der Waals surface area contributed by atoms with Crippen LogP contribution in [0.2, 0.25) is 5.02 Å². The normalized spacial score (nSPS) is 16.5. The number of rotatable bonds is 6. The van der Waals surface area contributed by atoms with Crippen molar-refractivity contribution in [2.75, 3.05) is 11.9 Å². The minimum absolute atomic E-state index is 0.0879. The van der Waals surface area contributed by atoms with Crippen molar-refractivity contribution in [3.8, 4) is 0 Å². The maximum absolute atomic E-state index is 13.2. The van der Waals surface area contributed by atoms with Crippen LogP contribution in [0.25, 0.3) is 0 Å². The molecular formula is C24H20ClFN2O4S. The number of hydrogen-bond acceptors (Lipinski definition) is 4. The van der Waals surface area contributed by atoms with Crippen molar-refractivity contribution in [3.63, 3.8) is 0 Å². The first-order chi connectivity index (χ1) is 15.8. The number of carbonyl (C=O) groups excluding carboxylic acids is 2. The van der Waals surface area contributed by atoms with Crippen molar-refractivity contribution in [1.82, 2.24) is 4.31 Å². The molecule has 3 aromatic carbocycles. The van der Waals surface area contributed by atoms with Gasteiger partial charge in [-0.15, -0.1) is 0 Å². The first kappa shape index (κ1) is 23.1. The molecule has 9 heteroatoms. The quantitative estimate of drug-likeness (QED) is 0.520. The summed E-state index contributed by atoms with van der Waals surface area (Å²) < 4.78 is 40.5. The van der Waals surface area contributed by atoms with Gasteiger partial charge in [-0.2, -0.15) is 4.31 Å². The summed E-state index contributed by atoms with van der Waals surface area (Å²) in [5, 5.41) is 3.04. The molecule has 6 nitrogen and oxygen atoms in total. The van der Waals surface area contributed by atoms with E-state index in [0.29, 0.717) is 23.4 Å². The number of halogens is 2. The molecule has 4 rings (SSSR count). The molecule has 1 amide bonds. The Kier molecular flexibility index (Phi) is 6.60. The summed E-state index contributed by atoms with van der Waals surface area (Å²) in [7, 11) is -4.00. The van der Waals surface area contributed by atoms with Crippen LogP contribution in [0, 0.1) is 5.82 Å². The molecule has 1 aliphatic heterocycles. The zero-order chi connectivity index (χ0) is 23.6. The first-order valence-electron chi connectivity index (χ1n) is 10.2. The third kappa shape index (κ3) is 4.83. The van der Waals surface area contributed by atoms with Crippen LogP contribution in [0.3, 0.4) is 0 Å². The third-order valence-electron chi connectivity index (χ3n) is 5.45. The fourth-order valence-electron chi connectivity index (χ4n) is 3.81. The highest BCUT2D eigenvalue weighted by Crippen LogP contribution is 2.29. The van der Waals surface area contributed by atoms with Crippen molar-refractivity contribution in [2.45, 2.75) is 23.8 Å². The Bertz CT molecular complexity index is 1300. The molecule has 1 saturated heterocycles. The molecular weight excluding hydrogens is 467 g/mol. The van der Waals surface area contributed by atoms with Gasteiger partial charge in [0.2, 0.25) is 15.9 Å². The third-order valence-corrected chi connectivity index (χ3v) is 7.60. The number of ketones is 1. The molecule has 1 heterocycles. The average Bonchev–Trinajstić information content (AvgIpc) is 3.32. The van der Waals surface area contributed by atoms with E-state index in [1.165, 1.54) is 24.3 Å². The largest absolute Gasteiger partial charge is 0.324 e. The van der Waals surface area contributed by atoms with Crippen LogP contribution in [-0.4, -0.2) is 37.0 Å². The van der Waals surface area contributed by atoms with Crippen molar-refractivity contribution < 1.29 is 22.4 Å². The number of amides is 1. The van der Waals surface area contributed by atoms with E-state index < -0.39 is 27.8 Å². The van der Waals surface area contributed by atoms with Gasteiger partial charge in [0, 0.05) is 22.7 Å². The highest BCUT2D eigenvalue weighted by atomic mass is 35.5. The predicted molar refractivity (Wildman–Crippen MR) is 123 cm³/mol. The number of carbonyl (C=O) groups is 2. The van der Waals surface area contributed by atoms with Crippen LogP contribution in [0.4, 0.5) is 10.1 Å². The molecule has 1 fully saturated rings. The molecule has 0 radical (unpaired) electrons. The second-order valence-corrected chi connectivity index (χ2v) is 9.93. The SMILES string of the molecule is O=C(c1ccccc1)c1cc(Cl)ccc1NC(=O)C1CCCN1S(=O)(=O)c1ccc(F)cc1. The molecule has 0 aliphatic carbocycles. The number of nitrogens with zero attached hydrogens (tertiary/aromatic N) is 1. The van der Waals surface area contributed by atoms with E-state index in [4.69, 9.17) is 11.6 Å². The highest BCUT2D eigenvalue weighted by Gasteiger charge is 2.39. The van der Waals surface area contributed by atoms with E-state index in [1.807, 2.05) is 0 Å². The Morgan fingerprint density at radius 3 is 2.39 bits per heavy atom. The van der Waals surface area contributed by atoms with E-state index in [-0.39, 0.29) is 28.5 Å². The maximum atomic E-state index is 13.2. The maximum Gasteiger partial charge on any atom is 0.243 e. The predicted octanol–water partition coefficient (Wildman–Crippen LogP) is 4.50. The molecule has 1 aliphatic rings. The second kappa shape index (κ2) is 9.43. The lowest BCUT2D eigenvalue weighted by molar-refractivity contribution is -0.119. The zero-order valence-corrected chi connectivity index (χ0v) is 18.9. The molecule has 0 bridgehead atoms. The van der Waals surface area contributed by atoms with E-state index in [0.717, 1.165) is 16.4 Å². The van der Waals surface area contributed by atoms with Crippen LogP contribution < -0.4 is 5.32 Å². The molecule has 33 heavy (non-hydrogen) atoms. The van der Waals surface area contributed by atoms with Gasteiger partial charge in [-0.25, -0.2) is 12.8 Å². The second-order valence-electron chi connectivity index (χ2n) is 7.60. The fraction of sp³-hybridized carbons (Fsp3) is 0.167. The Morgan fingerprint density at radius 2 is 1.70 bits per heavy atom.